The van der Waals surface area contributed by atoms with Gasteiger partial charge < -0.3 is 14.8 Å². The summed E-state index contributed by atoms with van der Waals surface area (Å²) in [5, 5.41) is 0.573. The van der Waals surface area contributed by atoms with Gasteiger partial charge in [0.25, 0.3) is 5.56 Å². The van der Waals surface area contributed by atoms with Crippen molar-refractivity contribution >= 4 is 50.9 Å². The van der Waals surface area contributed by atoms with Gasteiger partial charge in [0.1, 0.15) is 0 Å². The standard InChI is InChI=1S/C20H21BrN6O2S/c21-14-4-5-16-15(13-14)18(29)27(20(30)24-16)8-1-3-17(28)25-9-11-26(12-10-25)19-22-6-2-7-23-19/h2,4-7,13H,1,3,8-12H2,(H,24,30). The van der Waals surface area contributed by atoms with Crippen LogP contribution in [0.15, 0.2) is 45.9 Å². The van der Waals surface area contributed by atoms with E-state index in [1.807, 2.05) is 17.0 Å². The van der Waals surface area contributed by atoms with Crippen LogP contribution >= 0.6 is 28.1 Å². The van der Waals surface area contributed by atoms with Crippen molar-refractivity contribution in [1.29, 1.82) is 0 Å². The number of fused-ring (bicyclic) bond motifs is 1. The number of amides is 1. The Morgan fingerprint density at radius 2 is 1.90 bits per heavy atom. The van der Waals surface area contributed by atoms with Crippen LogP contribution in [0, 0.1) is 4.77 Å². The van der Waals surface area contributed by atoms with Crippen molar-refractivity contribution in [1.82, 2.24) is 24.4 Å². The molecule has 0 atom stereocenters. The smallest absolute Gasteiger partial charge is 0.262 e. The highest BCUT2D eigenvalue weighted by atomic mass is 79.9. The SMILES string of the molecule is O=C(CCCn1c(=S)[nH]c2ccc(Br)cc2c1=O)N1CCN(c2ncccn2)CC1. The topological polar surface area (TPSA) is 87.1 Å². The van der Waals surface area contributed by atoms with Gasteiger partial charge >= 0.3 is 0 Å². The Balaban J connectivity index is 1.34. The van der Waals surface area contributed by atoms with Crippen molar-refractivity contribution in [2.24, 2.45) is 0 Å². The Morgan fingerprint density at radius 3 is 2.63 bits per heavy atom. The summed E-state index contributed by atoms with van der Waals surface area (Å²) in [5.74, 6) is 0.788. The maximum Gasteiger partial charge on any atom is 0.262 e. The first kappa shape index (κ1) is 20.7. The third kappa shape index (κ3) is 4.44. The number of carbonyl (C=O) groups excluding carboxylic acids is 1. The van der Waals surface area contributed by atoms with E-state index in [1.165, 1.54) is 4.57 Å². The van der Waals surface area contributed by atoms with Crippen LogP contribution in [0.5, 0.6) is 0 Å². The van der Waals surface area contributed by atoms with Crippen LogP contribution in [0.25, 0.3) is 10.9 Å². The predicted octanol–water partition coefficient (Wildman–Crippen LogP) is 2.74. The highest BCUT2D eigenvalue weighted by Gasteiger charge is 2.22. The van der Waals surface area contributed by atoms with Gasteiger partial charge in [0, 0.05) is 56.0 Å². The maximum atomic E-state index is 12.8. The highest BCUT2D eigenvalue weighted by Crippen LogP contribution is 2.16. The Bertz CT molecular complexity index is 1170. The average molecular weight is 489 g/mol. The number of benzene rings is 1. The minimum Gasteiger partial charge on any atom is -0.339 e. The third-order valence-corrected chi connectivity index (χ3v) is 6.00. The van der Waals surface area contributed by atoms with Crippen molar-refractivity contribution in [3.8, 4) is 0 Å². The molecule has 1 aromatic carbocycles. The molecule has 3 heterocycles. The number of hydrogen-bond donors (Lipinski definition) is 1. The molecule has 1 aliphatic rings. The molecule has 0 unspecified atom stereocenters. The van der Waals surface area contributed by atoms with Crippen LogP contribution in [0.3, 0.4) is 0 Å². The number of H-pyrrole nitrogens is 1. The number of nitrogens with zero attached hydrogens (tertiary/aromatic N) is 5. The van der Waals surface area contributed by atoms with Crippen molar-refractivity contribution in [2.45, 2.75) is 19.4 Å². The zero-order valence-electron chi connectivity index (χ0n) is 16.3. The van der Waals surface area contributed by atoms with E-state index in [0.717, 1.165) is 4.47 Å². The summed E-state index contributed by atoms with van der Waals surface area (Å²) in [5.41, 5.74) is 0.569. The van der Waals surface area contributed by atoms with Gasteiger partial charge in [-0.25, -0.2) is 9.97 Å². The molecule has 1 saturated heterocycles. The molecule has 1 amide bonds. The molecule has 1 N–H and O–H groups in total. The van der Waals surface area contributed by atoms with Crippen molar-refractivity contribution < 1.29 is 4.79 Å². The van der Waals surface area contributed by atoms with Gasteiger partial charge in [-0.2, -0.15) is 0 Å². The number of hydrogen-bond acceptors (Lipinski definition) is 6. The van der Waals surface area contributed by atoms with Crippen LogP contribution in [-0.2, 0) is 11.3 Å². The number of halogens is 1. The molecule has 156 valence electrons. The monoisotopic (exact) mass is 488 g/mol. The van der Waals surface area contributed by atoms with E-state index in [-0.39, 0.29) is 11.5 Å². The van der Waals surface area contributed by atoms with E-state index >= 15 is 0 Å². The first-order valence-corrected chi connectivity index (χ1v) is 11.0. The van der Waals surface area contributed by atoms with E-state index < -0.39 is 0 Å². The molecule has 10 heteroatoms. The minimum atomic E-state index is -0.140. The van der Waals surface area contributed by atoms with Gasteiger partial charge in [-0.1, -0.05) is 15.9 Å². The van der Waals surface area contributed by atoms with Crippen LogP contribution in [0.1, 0.15) is 12.8 Å². The molecule has 1 aliphatic heterocycles. The normalized spacial score (nSPS) is 14.3. The Labute approximate surface area is 186 Å². The van der Waals surface area contributed by atoms with Crippen LogP contribution in [0.2, 0.25) is 0 Å². The fourth-order valence-corrected chi connectivity index (χ4v) is 4.23. The van der Waals surface area contributed by atoms with Gasteiger partial charge in [0.05, 0.1) is 10.9 Å². The molecule has 0 aliphatic carbocycles. The molecule has 1 fully saturated rings. The van der Waals surface area contributed by atoms with Crippen molar-refractivity contribution in [2.75, 3.05) is 31.1 Å². The molecule has 3 aromatic rings. The molecule has 0 bridgehead atoms. The van der Waals surface area contributed by atoms with E-state index in [4.69, 9.17) is 12.2 Å². The summed E-state index contributed by atoms with van der Waals surface area (Å²) in [7, 11) is 0. The van der Waals surface area contributed by atoms with Gasteiger partial charge in [-0.05, 0) is 42.9 Å². The van der Waals surface area contributed by atoms with Gasteiger partial charge in [0.15, 0.2) is 4.77 Å². The lowest BCUT2D eigenvalue weighted by Gasteiger charge is -2.34. The number of aromatic nitrogens is 4. The quantitative estimate of drug-likeness (QED) is 0.555. The van der Waals surface area contributed by atoms with Crippen LogP contribution < -0.4 is 10.5 Å². The molecule has 0 spiro atoms. The van der Waals surface area contributed by atoms with Gasteiger partial charge in [-0.3, -0.25) is 14.2 Å². The summed E-state index contributed by atoms with van der Waals surface area (Å²) in [6.07, 6.45) is 4.37. The Hall–Kier alpha value is -2.59. The number of nitrogens with one attached hydrogen (secondary N) is 1. The lowest BCUT2D eigenvalue weighted by atomic mass is 10.2. The molecule has 8 nitrogen and oxygen atoms in total. The third-order valence-electron chi connectivity index (χ3n) is 5.18. The molecule has 2 aromatic heterocycles. The first-order valence-electron chi connectivity index (χ1n) is 9.75. The van der Waals surface area contributed by atoms with E-state index in [2.05, 4.69) is 35.8 Å². The number of aromatic amines is 1. The zero-order valence-corrected chi connectivity index (χ0v) is 18.7. The Kier molecular flexibility index (Phi) is 6.24. The maximum absolute atomic E-state index is 12.8. The number of anilines is 1. The van der Waals surface area contributed by atoms with Gasteiger partial charge in [-0.15, -0.1) is 0 Å². The molecular weight excluding hydrogens is 468 g/mol. The van der Waals surface area contributed by atoms with Crippen molar-refractivity contribution in [3.63, 3.8) is 0 Å². The van der Waals surface area contributed by atoms with Crippen LogP contribution in [-0.4, -0.2) is 56.5 Å². The number of rotatable bonds is 5. The summed E-state index contributed by atoms with van der Waals surface area (Å²) in [6, 6.07) is 7.25. The second kappa shape index (κ2) is 9.05. The number of carbonyl (C=O) groups is 1. The highest BCUT2D eigenvalue weighted by molar-refractivity contribution is 9.10. The molecule has 0 radical (unpaired) electrons. The lowest BCUT2D eigenvalue weighted by Crippen LogP contribution is -2.49. The summed E-state index contributed by atoms with van der Waals surface area (Å²) >= 11 is 8.74. The Morgan fingerprint density at radius 1 is 1.17 bits per heavy atom. The molecular formula is C20H21BrN6O2S. The lowest BCUT2D eigenvalue weighted by molar-refractivity contribution is -0.131. The first-order chi connectivity index (χ1) is 14.5. The zero-order chi connectivity index (χ0) is 21.1. The van der Waals surface area contributed by atoms with Gasteiger partial charge in [0.2, 0.25) is 11.9 Å². The minimum absolute atomic E-state index is 0.0927. The van der Waals surface area contributed by atoms with E-state index in [0.29, 0.717) is 67.2 Å². The summed E-state index contributed by atoms with van der Waals surface area (Å²) in [4.78, 5) is 41.0. The predicted molar refractivity (Wildman–Crippen MR) is 121 cm³/mol. The fraction of sp³-hybridized carbons (Fsp3) is 0.350. The molecule has 30 heavy (non-hydrogen) atoms. The second-order valence-electron chi connectivity index (χ2n) is 7.10. The molecule has 0 saturated carbocycles. The molecule has 4 rings (SSSR count). The largest absolute Gasteiger partial charge is 0.339 e. The van der Waals surface area contributed by atoms with Crippen molar-refractivity contribution in [3.05, 3.63) is 56.3 Å². The van der Waals surface area contributed by atoms with Crippen LogP contribution in [0.4, 0.5) is 5.95 Å². The fourth-order valence-electron chi connectivity index (χ4n) is 3.58. The van der Waals surface area contributed by atoms with E-state index in [9.17, 15) is 9.59 Å². The second-order valence-corrected chi connectivity index (χ2v) is 8.40. The number of piperazine rings is 1. The summed E-state index contributed by atoms with van der Waals surface area (Å²) in [6.45, 7) is 3.10. The summed E-state index contributed by atoms with van der Waals surface area (Å²) < 4.78 is 2.74. The van der Waals surface area contributed by atoms with E-state index in [1.54, 1.807) is 24.5 Å². The average Bonchev–Trinajstić information content (AvgIpc) is 2.77.